The molecule has 2 N–H and O–H groups in total. The van der Waals surface area contributed by atoms with Crippen molar-refractivity contribution >= 4 is 5.78 Å². The van der Waals surface area contributed by atoms with Gasteiger partial charge in [0.2, 0.25) is 0 Å². The molecule has 300 valence electrons. The third-order valence-electron chi connectivity index (χ3n) is 11.9. The van der Waals surface area contributed by atoms with E-state index >= 15 is 0 Å². The third kappa shape index (κ3) is 14.5. The Labute approximate surface area is 337 Å². The summed E-state index contributed by atoms with van der Waals surface area (Å²) in [6, 6.07) is 21.7. The number of hydrogen-bond acceptors (Lipinski definition) is 4. The van der Waals surface area contributed by atoms with Gasteiger partial charge in [0, 0.05) is 60.5 Å². The molecule has 2 aromatic carbocycles. The van der Waals surface area contributed by atoms with Gasteiger partial charge in [0.15, 0.2) is 0 Å². The predicted octanol–water partition coefficient (Wildman–Crippen LogP) is 12.3. The van der Waals surface area contributed by atoms with Crippen molar-refractivity contribution in [3.63, 3.8) is 0 Å². The lowest BCUT2D eigenvalue weighted by molar-refractivity contribution is -0.124. The van der Waals surface area contributed by atoms with E-state index < -0.39 is 0 Å². The Balaban J connectivity index is 2.01. The first-order valence-corrected chi connectivity index (χ1v) is 21.2. The first-order valence-electron chi connectivity index (χ1n) is 21.2. The molecule has 1 fully saturated rings. The maximum atomic E-state index is 14.2. The number of likely N-dealkylation sites (N-methyl/N-ethyl adjacent to an activating group) is 1. The van der Waals surface area contributed by atoms with Crippen LogP contribution in [0.4, 0.5) is 0 Å². The molecule has 0 radical (unpaired) electrons. The van der Waals surface area contributed by atoms with Crippen molar-refractivity contribution < 1.29 is 4.79 Å². The number of hydrogen-bond donors (Lipinski definition) is 2. The highest BCUT2D eigenvalue weighted by Gasteiger charge is 2.31. The summed E-state index contributed by atoms with van der Waals surface area (Å²) in [6.45, 7) is 38.9. The van der Waals surface area contributed by atoms with Crippen LogP contribution in [0.3, 0.4) is 0 Å². The van der Waals surface area contributed by atoms with Crippen molar-refractivity contribution in [2.24, 2.45) is 23.7 Å². The van der Waals surface area contributed by atoms with Crippen molar-refractivity contribution in [3.05, 3.63) is 145 Å². The lowest BCUT2D eigenvalue weighted by Gasteiger charge is -2.37. The highest BCUT2D eigenvalue weighted by Crippen LogP contribution is 2.34. The summed E-state index contributed by atoms with van der Waals surface area (Å²) in [4.78, 5) is 16.6. The Bertz CT molecular complexity index is 1570. The van der Waals surface area contributed by atoms with Crippen LogP contribution in [0.1, 0.15) is 116 Å². The lowest BCUT2D eigenvalue weighted by atomic mass is 9.76. The molecule has 0 amide bonds. The third-order valence-corrected chi connectivity index (χ3v) is 11.9. The van der Waals surface area contributed by atoms with Gasteiger partial charge in [0.1, 0.15) is 5.78 Å². The van der Waals surface area contributed by atoms with Crippen LogP contribution in [0.15, 0.2) is 134 Å². The number of rotatable bonds is 10. The largest absolute Gasteiger partial charge is 0.382 e. The molecular formula is C51H75N3O. The average molecular weight is 746 g/mol. The SMILES string of the molecule is C=C1CCC(=O)C(CC)C(Cc2ccccc2)CC(=C)C(CC(C)C)N(C)C(=C)CCC(=C)C(CCC)NC(=C)C(Cc2ccccc2)CC(=C)C(CC)N1. The number of carbonyl (C=O) groups is 1. The second kappa shape index (κ2) is 23.1. The number of carbonyl (C=O) groups excluding carboxylic acids is 1. The van der Waals surface area contributed by atoms with E-state index in [2.05, 4.69) is 151 Å². The van der Waals surface area contributed by atoms with Gasteiger partial charge in [-0.2, -0.15) is 0 Å². The van der Waals surface area contributed by atoms with Crippen molar-refractivity contribution in [2.45, 2.75) is 136 Å². The first-order chi connectivity index (χ1) is 26.3. The Hall–Kier alpha value is -4.05. The van der Waals surface area contributed by atoms with Crippen LogP contribution in [0.25, 0.3) is 0 Å². The van der Waals surface area contributed by atoms with Crippen LogP contribution < -0.4 is 10.6 Å². The monoisotopic (exact) mass is 746 g/mol. The van der Waals surface area contributed by atoms with Crippen molar-refractivity contribution in [1.82, 2.24) is 15.5 Å². The molecule has 2 aromatic rings. The Kier molecular flexibility index (Phi) is 19.1. The van der Waals surface area contributed by atoms with Crippen LogP contribution in [0.5, 0.6) is 0 Å². The number of allylic oxidation sites excluding steroid dienone is 3. The molecule has 1 aliphatic heterocycles. The fraction of sp³-hybridized carbons (Fsp3) is 0.510. The molecule has 4 heteroatoms. The highest BCUT2D eigenvalue weighted by atomic mass is 16.1. The molecule has 4 nitrogen and oxygen atoms in total. The van der Waals surface area contributed by atoms with Crippen LogP contribution in [0.2, 0.25) is 0 Å². The summed E-state index contributed by atoms with van der Waals surface area (Å²) in [5.74, 6) is 1.04. The second-order valence-electron chi connectivity index (χ2n) is 16.7. The van der Waals surface area contributed by atoms with Gasteiger partial charge in [-0.25, -0.2) is 0 Å². The van der Waals surface area contributed by atoms with Gasteiger partial charge < -0.3 is 15.5 Å². The molecule has 6 atom stereocenters. The van der Waals surface area contributed by atoms with Gasteiger partial charge in [0.05, 0.1) is 0 Å². The average Bonchev–Trinajstić information content (AvgIpc) is 3.16. The number of nitrogens with one attached hydrogen (secondary N) is 2. The molecule has 0 aromatic heterocycles. The van der Waals surface area contributed by atoms with Gasteiger partial charge in [-0.15, -0.1) is 0 Å². The van der Waals surface area contributed by atoms with Crippen LogP contribution in [-0.4, -0.2) is 35.9 Å². The maximum Gasteiger partial charge on any atom is 0.136 e. The summed E-state index contributed by atoms with van der Waals surface area (Å²) in [5, 5.41) is 7.57. The first kappa shape index (κ1) is 45.3. The van der Waals surface area contributed by atoms with Crippen LogP contribution in [-0.2, 0) is 17.6 Å². The summed E-state index contributed by atoms with van der Waals surface area (Å²) in [5.41, 5.74) is 9.09. The van der Waals surface area contributed by atoms with Crippen LogP contribution >= 0.6 is 0 Å². The normalized spacial score (nSPS) is 24.9. The zero-order valence-electron chi connectivity index (χ0n) is 35.6. The van der Waals surface area contributed by atoms with Gasteiger partial charge in [0.25, 0.3) is 0 Å². The zero-order valence-corrected chi connectivity index (χ0v) is 35.6. The molecule has 6 unspecified atom stereocenters. The minimum Gasteiger partial charge on any atom is -0.382 e. The molecule has 0 saturated carbocycles. The van der Waals surface area contributed by atoms with Crippen LogP contribution in [0, 0.1) is 23.7 Å². The Morgan fingerprint density at radius 3 is 1.89 bits per heavy atom. The van der Waals surface area contributed by atoms with E-state index in [4.69, 9.17) is 6.58 Å². The summed E-state index contributed by atoms with van der Waals surface area (Å²) >= 11 is 0. The van der Waals surface area contributed by atoms with Gasteiger partial charge in [-0.3, -0.25) is 4.79 Å². The molecule has 1 aliphatic rings. The van der Waals surface area contributed by atoms with E-state index in [1.54, 1.807) is 0 Å². The smallest absolute Gasteiger partial charge is 0.136 e. The molecule has 0 spiro atoms. The fourth-order valence-electron chi connectivity index (χ4n) is 8.45. The summed E-state index contributed by atoms with van der Waals surface area (Å²) in [6.07, 6.45) is 10.8. The van der Waals surface area contributed by atoms with Gasteiger partial charge >= 0.3 is 0 Å². The second-order valence-corrected chi connectivity index (χ2v) is 16.7. The van der Waals surface area contributed by atoms with E-state index in [-0.39, 0.29) is 35.9 Å². The van der Waals surface area contributed by atoms with Crippen molar-refractivity contribution in [2.75, 3.05) is 7.05 Å². The van der Waals surface area contributed by atoms with E-state index in [1.807, 2.05) is 0 Å². The molecule has 55 heavy (non-hydrogen) atoms. The minimum absolute atomic E-state index is 0.0601. The van der Waals surface area contributed by atoms with Crippen molar-refractivity contribution in [1.29, 1.82) is 0 Å². The van der Waals surface area contributed by atoms with Gasteiger partial charge in [-0.05, 0) is 93.6 Å². The summed E-state index contributed by atoms with van der Waals surface area (Å²) in [7, 11) is 2.18. The number of Topliss-reactive ketones (excluding diaryl/α,β-unsaturated/α-hetero) is 1. The minimum atomic E-state index is -0.0659. The fourth-order valence-corrected chi connectivity index (χ4v) is 8.45. The standard InChI is InChI=1S/C51H75N3O/c1-13-22-49-37(6)27-29-41(10)54(12)50(31-36(4)5)39(8)33-46(35-44-25-20-17-21-26-44)47(14-2)51(55)30-28-40(9)52-48(15-3)38(7)32-45(42(11)53-49)34-43-23-18-16-19-24-43/h16-21,23-26,36,45-50,52-53H,6-11,13-15,22,27-35H2,1-5,12H3. The molecule has 3 rings (SSSR count). The lowest BCUT2D eigenvalue weighted by Crippen LogP contribution is -2.36. The topological polar surface area (TPSA) is 44.4 Å². The van der Waals surface area contributed by atoms with E-state index in [9.17, 15) is 4.79 Å². The van der Waals surface area contributed by atoms with E-state index in [1.165, 1.54) is 22.3 Å². The quantitative estimate of drug-likeness (QED) is 0.238. The van der Waals surface area contributed by atoms with E-state index in [0.29, 0.717) is 24.5 Å². The zero-order chi connectivity index (χ0) is 40.5. The van der Waals surface area contributed by atoms with Crippen molar-refractivity contribution in [3.8, 4) is 0 Å². The number of ketones is 1. The summed E-state index contributed by atoms with van der Waals surface area (Å²) < 4.78 is 0. The number of nitrogens with zero attached hydrogens (tertiary/aromatic N) is 1. The molecular weight excluding hydrogens is 671 g/mol. The number of benzene rings is 2. The predicted molar refractivity (Wildman–Crippen MR) is 239 cm³/mol. The van der Waals surface area contributed by atoms with Gasteiger partial charge in [-0.1, -0.05) is 158 Å². The van der Waals surface area contributed by atoms with E-state index in [0.717, 1.165) is 93.3 Å². The highest BCUT2D eigenvalue weighted by molar-refractivity contribution is 5.81. The molecule has 1 saturated heterocycles. The molecule has 0 bridgehead atoms. The Morgan fingerprint density at radius 2 is 1.33 bits per heavy atom. The Morgan fingerprint density at radius 1 is 0.709 bits per heavy atom. The maximum absolute atomic E-state index is 14.2. The molecule has 0 aliphatic carbocycles. The molecule has 1 heterocycles.